The van der Waals surface area contributed by atoms with Crippen molar-refractivity contribution in [2.45, 2.75) is 6.42 Å². The van der Waals surface area contributed by atoms with Crippen LogP contribution in [0.15, 0.2) is 0 Å². The first-order chi connectivity index (χ1) is 3.63. The van der Waals surface area contributed by atoms with Crippen molar-refractivity contribution >= 4 is 5.97 Å². The fourth-order valence-corrected chi connectivity index (χ4v) is 0.0956. The fraction of sp³-hybridized carbons (Fsp3) is 0.667. The molecule has 0 aromatic carbocycles. The van der Waals surface area contributed by atoms with Gasteiger partial charge in [0.25, 0.3) is 0 Å². The van der Waals surface area contributed by atoms with Gasteiger partial charge in [-0.05, 0) is 0 Å². The zero-order valence-electron chi connectivity index (χ0n) is 5.22. The molecule has 0 fully saturated rings. The average molecular weight is 91.1 g/mol. The molecule has 3 nitrogen and oxygen atoms in total. The topological polar surface area (TPSA) is 63.3 Å². The monoisotopic (exact) mass is 91.1 g/mol. The maximum Gasteiger partial charge on any atom is 0.304 e. The Kier molecular flexibility index (Phi) is 1.14. The largest absolute Gasteiger partial charge is 0.481 e. The summed E-state index contributed by atoms with van der Waals surface area (Å²) in [5.74, 6) is -0.977. The Balaban J connectivity index is 3.05. The third kappa shape index (κ3) is 3.43. The lowest BCUT2D eigenvalue weighted by molar-refractivity contribution is -0.136. The minimum atomic E-state index is -0.977. The zero-order chi connectivity index (χ0) is 6.57. The molecule has 3 heteroatoms. The van der Waals surface area contributed by atoms with E-state index in [4.69, 9.17) is 7.93 Å². The Labute approximate surface area is 38.7 Å². The van der Waals surface area contributed by atoms with Crippen LogP contribution in [-0.4, -0.2) is 17.6 Å². The standard InChI is InChI=1S/C3H7NO2/c4-2-1-3(5)6/h1-2,4H2,(H,5,6)/i/hD2. The molecule has 0 amide bonds. The van der Waals surface area contributed by atoms with E-state index in [9.17, 15) is 4.79 Å². The number of aliphatic carboxylic acids is 1. The summed E-state index contributed by atoms with van der Waals surface area (Å²) in [4.78, 5) is 9.71. The molecule has 0 unspecified atom stereocenters. The molecule has 0 bridgehead atoms. The summed E-state index contributed by atoms with van der Waals surface area (Å²) in [5, 5.41) is 7.97. The van der Waals surface area contributed by atoms with Crippen LogP contribution in [0.5, 0.6) is 0 Å². The van der Waals surface area contributed by atoms with Crippen LogP contribution in [0, 0.1) is 0 Å². The predicted octanol–water partition coefficient (Wildman–Crippen LogP) is -0.580. The van der Waals surface area contributed by atoms with Gasteiger partial charge in [0.1, 0.15) is 2.82 Å². The van der Waals surface area contributed by atoms with Gasteiger partial charge in [-0.1, -0.05) is 0 Å². The van der Waals surface area contributed by atoms with Crippen LogP contribution < -0.4 is 5.72 Å². The molecule has 36 valence electrons. The van der Waals surface area contributed by atoms with Gasteiger partial charge in [-0.2, -0.15) is 0 Å². The summed E-state index contributed by atoms with van der Waals surface area (Å²) < 4.78 is 12.8. The number of rotatable bonds is 3. The highest BCUT2D eigenvalue weighted by Crippen LogP contribution is 1.67. The molecule has 0 aliphatic heterocycles. The second-order valence-corrected chi connectivity index (χ2v) is 0.867. The van der Waals surface area contributed by atoms with Crippen molar-refractivity contribution in [1.82, 2.24) is 0 Å². The summed E-state index contributed by atoms with van der Waals surface area (Å²) in [5.41, 5.74) is 0.341. The van der Waals surface area contributed by atoms with E-state index < -0.39 is 5.97 Å². The third-order valence-corrected chi connectivity index (χ3v) is 0.326. The van der Waals surface area contributed by atoms with Crippen molar-refractivity contribution in [1.29, 1.82) is 0 Å². The van der Waals surface area contributed by atoms with Gasteiger partial charge in [0.05, 0.1) is 6.42 Å². The Morgan fingerprint density at radius 1 is 2.17 bits per heavy atom. The van der Waals surface area contributed by atoms with Gasteiger partial charge in [-0.15, -0.1) is 0 Å². The van der Waals surface area contributed by atoms with Crippen molar-refractivity contribution in [2.24, 2.45) is 5.72 Å². The van der Waals surface area contributed by atoms with Crippen molar-refractivity contribution in [3.8, 4) is 0 Å². The lowest BCUT2D eigenvalue weighted by atomic mass is 10.5. The SMILES string of the molecule is [2H]N([2H])CCC(=O)O. The fourth-order valence-electron chi connectivity index (χ4n) is 0.0956. The maximum absolute atomic E-state index is 9.71. The molecule has 0 heterocycles. The highest BCUT2D eigenvalue weighted by atomic mass is 16.4. The van der Waals surface area contributed by atoms with E-state index in [2.05, 4.69) is 0 Å². The van der Waals surface area contributed by atoms with E-state index in [0.717, 1.165) is 0 Å². The highest BCUT2D eigenvalue weighted by Gasteiger charge is 1.87. The van der Waals surface area contributed by atoms with Crippen molar-refractivity contribution in [3.63, 3.8) is 0 Å². The molecule has 6 heavy (non-hydrogen) atoms. The molecule has 0 rings (SSSR count). The second kappa shape index (κ2) is 2.66. The van der Waals surface area contributed by atoms with E-state index in [0.29, 0.717) is 5.72 Å². The first-order valence-electron chi connectivity index (χ1n) is 2.49. The first-order valence-corrected chi connectivity index (χ1v) is 1.60. The van der Waals surface area contributed by atoms with E-state index in [1.54, 1.807) is 0 Å². The molecule has 0 aromatic heterocycles. The van der Waals surface area contributed by atoms with Crippen LogP contribution in [0.4, 0.5) is 0 Å². The Morgan fingerprint density at radius 3 is 3.00 bits per heavy atom. The van der Waals surface area contributed by atoms with Gasteiger partial charge in [0.15, 0.2) is 0 Å². The summed E-state index contributed by atoms with van der Waals surface area (Å²) in [6, 6.07) is 0. The molecule has 0 aliphatic rings. The van der Waals surface area contributed by atoms with E-state index in [1.165, 1.54) is 0 Å². The van der Waals surface area contributed by atoms with E-state index >= 15 is 0 Å². The van der Waals surface area contributed by atoms with Gasteiger partial charge in [-0.3, -0.25) is 4.79 Å². The molecule has 0 aliphatic carbocycles. The highest BCUT2D eigenvalue weighted by molar-refractivity contribution is 5.66. The number of hydrogen-bond donors (Lipinski definition) is 2. The second-order valence-electron chi connectivity index (χ2n) is 0.867. The van der Waals surface area contributed by atoms with Crippen LogP contribution in [0.25, 0.3) is 0 Å². The van der Waals surface area contributed by atoms with Crippen LogP contribution in [0.3, 0.4) is 0 Å². The van der Waals surface area contributed by atoms with Gasteiger partial charge < -0.3 is 10.8 Å². The number of hydrogen-bond acceptors (Lipinski definition) is 2. The van der Waals surface area contributed by atoms with Crippen LogP contribution in [-0.2, 0) is 4.79 Å². The summed E-state index contributed by atoms with van der Waals surface area (Å²) in [6.45, 7) is -0.0463. The molecule has 0 spiro atoms. The minimum absolute atomic E-state index is 0.0463. The number of nitrogens with two attached hydrogens (primary N) is 1. The lowest BCUT2D eigenvalue weighted by Gasteiger charge is -1.80. The lowest BCUT2D eigenvalue weighted by Crippen LogP contribution is -2.05. The first kappa shape index (κ1) is 2.58. The molecule has 3 N–H and O–H groups in total. The normalized spacial score (nSPS) is 13.5. The van der Waals surface area contributed by atoms with E-state index in [-0.39, 0.29) is 13.0 Å². The molecule has 0 aromatic rings. The number of carboxylic acids is 1. The van der Waals surface area contributed by atoms with Crippen LogP contribution in [0.1, 0.15) is 6.42 Å². The summed E-state index contributed by atoms with van der Waals surface area (Å²) in [7, 11) is 0. The Bertz CT molecular complexity index is 85.4. The Hall–Kier alpha value is -0.570. The van der Waals surface area contributed by atoms with Crippen molar-refractivity contribution < 1.29 is 12.7 Å². The van der Waals surface area contributed by atoms with Crippen molar-refractivity contribution in [2.75, 3.05) is 6.54 Å². The Morgan fingerprint density at radius 2 is 2.83 bits per heavy atom. The molecule has 0 saturated heterocycles. The van der Waals surface area contributed by atoms with Gasteiger partial charge >= 0.3 is 5.97 Å². The molecular weight excluding hydrogens is 82.0 g/mol. The van der Waals surface area contributed by atoms with Crippen LogP contribution >= 0.6 is 0 Å². The zero-order valence-corrected chi connectivity index (χ0v) is 3.22. The van der Waals surface area contributed by atoms with Crippen LogP contribution in [0.2, 0.25) is 2.82 Å². The smallest absolute Gasteiger partial charge is 0.304 e. The predicted molar refractivity (Wildman–Crippen MR) is 21.3 cm³/mol. The quantitative estimate of drug-likeness (QED) is 0.488. The summed E-state index contributed by atoms with van der Waals surface area (Å²) >= 11 is 0. The van der Waals surface area contributed by atoms with Gasteiger partial charge in [0, 0.05) is 6.54 Å². The summed E-state index contributed by atoms with van der Waals surface area (Å²) in [6.07, 6.45) is -0.146. The minimum Gasteiger partial charge on any atom is -0.481 e. The third-order valence-electron chi connectivity index (χ3n) is 0.326. The number of carboxylic acid groups (broad SMARTS) is 1. The van der Waals surface area contributed by atoms with E-state index in [1.807, 2.05) is 0 Å². The molecule has 0 atom stereocenters. The number of carbonyl (C=O) groups is 1. The molecule has 0 radical (unpaired) electrons. The van der Waals surface area contributed by atoms with Crippen molar-refractivity contribution in [3.05, 3.63) is 0 Å². The average Bonchev–Trinajstić information content (AvgIpc) is 1.61. The maximum atomic E-state index is 9.71. The van der Waals surface area contributed by atoms with Gasteiger partial charge in [0.2, 0.25) is 0 Å². The van der Waals surface area contributed by atoms with Gasteiger partial charge in [-0.25, -0.2) is 0 Å². The molecular formula is C3H7NO2. The molecule has 0 saturated carbocycles.